The van der Waals surface area contributed by atoms with Crippen LogP contribution in [0.3, 0.4) is 0 Å². The number of anilines is 1. The predicted octanol–water partition coefficient (Wildman–Crippen LogP) is 2.62. The number of nitrogens with zero attached hydrogens (tertiary/aromatic N) is 1. The third-order valence-electron chi connectivity index (χ3n) is 2.73. The summed E-state index contributed by atoms with van der Waals surface area (Å²) in [5.41, 5.74) is 1.15. The molecule has 0 aromatic heterocycles. The Labute approximate surface area is 114 Å². The molecule has 0 aliphatic rings. The Morgan fingerprint density at radius 1 is 1.32 bits per heavy atom. The van der Waals surface area contributed by atoms with Gasteiger partial charge in [0.05, 0.1) is 11.9 Å². The molecule has 0 unspecified atom stereocenters. The third-order valence-corrected chi connectivity index (χ3v) is 3.93. The van der Waals surface area contributed by atoms with Gasteiger partial charge < -0.3 is 0 Å². The maximum absolute atomic E-state index is 11.8. The lowest BCUT2D eigenvalue weighted by atomic mass is 10.1. The summed E-state index contributed by atoms with van der Waals surface area (Å²) in [5.74, 6) is -0.0379. The molecule has 0 amide bonds. The highest BCUT2D eigenvalue weighted by Crippen LogP contribution is 2.19. The first-order valence-electron chi connectivity index (χ1n) is 6.06. The van der Waals surface area contributed by atoms with Gasteiger partial charge in [-0.1, -0.05) is 6.08 Å². The van der Waals surface area contributed by atoms with Crippen LogP contribution in [-0.4, -0.2) is 27.0 Å². The van der Waals surface area contributed by atoms with Crippen LogP contribution in [0.25, 0.3) is 0 Å². The van der Waals surface area contributed by atoms with Crippen molar-refractivity contribution in [3.8, 4) is 0 Å². The standard InChI is InChI=1S/C14H19NO3S/c1-4-5-6-11-15(19(3,17)18)14-9-7-13(8-10-14)12(2)16/h4,7-10H,1,5-6,11H2,2-3H3. The molecule has 1 aromatic carbocycles. The maximum atomic E-state index is 11.8. The number of rotatable bonds is 7. The minimum absolute atomic E-state index is 0.0379. The van der Waals surface area contributed by atoms with Gasteiger partial charge >= 0.3 is 0 Å². The smallest absolute Gasteiger partial charge is 0.232 e. The highest BCUT2D eigenvalue weighted by atomic mass is 32.2. The predicted molar refractivity (Wildman–Crippen MR) is 78.1 cm³/mol. The van der Waals surface area contributed by atoms with Crippen molar-refractivity contribution in [2.24, 2.45) is 0 Å². The van der Waals surface area contributed by atoms with E-state index >= 15 is 0 Å². The number of hydrogen-bond donors (Lipinski definition) is 0. The Bertz CT molecular complexity index is 547. The number of unbranched alkanes of at least 4 members (excludes halogenated alkanes) is 1. The number of carbonyl (C=O) groups is 1. The van der Waals surface area contributed by atoms with Crippen molar-refractivity contribution in [3.05, 3.63) is 42.5 Å². The second kappa shape index (κ2) is 6.52. The van der Waals surface area contributed by atoms with Gasteiger partial charge in [0.2, 0.25) is 10.0 Å². The van der Waals surface area contributed by atoms with Crippen molar-refractivity contribution in [1.82, 2.24) is 0 Å². The van der Waals surface area contributed by atoms with Crippen molar-refractivity contribution in [2.45, 2.75) is 19.8 Å². The average molecular weight is 281 g/mol. The van der Waals surface area contributed by atoms with Crippen LogP contribution in [0.15, 0.2) is 36.9 Å². The van der Waals surface area contributed by atoms with E-state index in [4.69, 9.17) is 0 Å². The third kappa shape index (κ3) is 4.52. The molecule has 1 rings (SSSR count). The first-order valence-corrected chi connectivity index (χ1v) is 7.90. The number of benzene rings is 1. The van der Waals surface area contributed by atoms with Crippen molar-refractivity contribution in [1.29, 1.82) is 0 Å². The summed E-state index contributed by atoms with van der Waals surface area (Å²) in [4.78, 5) is 11.2. The largest absolute Gasteiger partial charge is 0.295 e. The average Bonchev–Trinajstić information content (AvgIpc) is 2.33. The molecule has 0 heterocycles. The van der Waals surface area contributed by atoms with E-state index in [0.717, 1.165) is 6.42 Å². The van der Waals surface area contributed by atoms with Gasteiger partial charge in [0.1, 0.15) is 0 Å². The van der Waals surface area contributed by atoms with Crippen molar-refractivity contribution < 1.29 is 13.2 Å². The van der Waals surface area contributed by atoms with Crippen LogP contribution < -0.4 is 4.31 Å². The van der Waals surface area contributed by atoms with E-state index in [1.54, 1.807) is 30.3 Å². The highest BCUT2D eigenvalue weighted by molar-refractivity contribution is 7.92. The first kappa shape index (κ1) is 15.4. The number of sulfonamides is 1. The van der Waals surface area contributed by atoms with Gasteiger partial charge in [-0.15, -0.1) is 6.58 Å². The van der Waals surface area contributed by atoms with E-state index in [1.807, 2.05) is 0 Å². The van der Waals surface area contributed by atoms with E-state index < -0.39 is 10.0 Å². The molecule has 0 bridgehead atoms. The fourth-order valence-electron chi connectivity index (χ4n) is 1.73. The van der Waals surface area contributed by atoms with Crippen LogP contribution in [0.4, 0.5) is 5.69 Å². The van der Waals surface area contributed by atoms with Gasteiger partial charge in [-0.2, -0.15) is 0 Å². The van der Waals surface area contributed by atoms with Crippen molar-refractivity contribution in [3.63, 3.8) is 0 Å². The van der Waals surface area contributed by atoms with Crippen molar-refractivity contribution >= 4 is 21.5 Å². The highest BCUT2D eigenvalue weighted by Gasteiger charge is 2.16. The lowest BCUT2D eigenvalue weighted by molar-refractivity contribution is 0.101. The zero-order chi connectivity index (χ0) is 14.5. The van der Waals surface area contributed by atoms with E-state index in [9.17, 15) is 13.2 Å². The van der Waals surface area contributed by atoms with Crippen LogP contribution in [0.1, 0.15) is 30.1 Å². The lowest BCUT2D eigenvalue weighted by Crippen LogP contribution is -2.30. The maximum Gasteiger partial charge on any atom is 0.232 e. The number of carbonyl (C=O) groups excluding carboxylic acids is 1. The van der Waals surface area contributed by atoms with Gasteiger partial charge in [-0.25, -0.2) is 8.42 Å². The summed E-state index contributed by atoms with van der Waals surface area (Å²) in [7, 11) is -3.32. The first-order chi connectivity index (χ1) is 8.86. The van der Waals surface area contributed by atoms with Gasteiger partial charge in [0.25, 0.3) is 0 Å². The molecule has 0 N–H and O–H groups in total. The van der Waals surface area contributed by atoms with Gasteiger partial charge in [0.15, 0.2) is 5.78 Å². The molecule has 0 atom stereocenters. The Morgan fingerprint density at radius 2 is 1.89 bits per heavy atom. The monoisotopic (exact) mass is 281 g/mol. The summed E-state index contributed by atoms with van der Waals surface area (Å²) >= 11 is 0. The minimum atomic E-state index is -3.32. The molecular formula is C14H19NO3S. The summed E-state index contributed by atoms with van der Waals surface area (Å²) in [6.45, 7) is 5.50. The second-order valence-electron chi connectivity index (χ2n) is 4.37. The number of ketones is 1. The Balaban J connectivity index is 2.97. The lowest BCUT2D eigenvalue weighted by Gasteiger charge is -2.22. The molecule has 0 aliphatic carbocycles. The molecule has 0 spiro atoms. The van der Waals surface area contributed by atoms with Crippen LogP contribution in [0.5, 0.6) is 0 Å². The van der Waals surface area contributed by atoms with Crippen LogP contribution in [0, 0.1) is 0 Å². The Kier molecular flexibility index (Phi) is 5.30. The Morgan fingerprint density at radius 3 is 2.32 bits per heavy atom. The zero-order valence-electron chi connectivity index (χ0n) is 11.3. The molecule has 104 valence electrons. The van der Waals surface area contributed by atoms with E-state index in [-0.39, 0.29) is 5.78 Å². The van der Waals surface area contributed by atoms with Gasteiger partial charge in [-0.05, 0) is 44.0 Å². The number of hydrogen-bond acceptors (Lipinski definition) is 3. The van der Waals surface area contributed by atoms with Gasteiger partial charge in [0, 0.05) is 12.1 Å². The van der Waals surface area contributed by atoms with E-state index in [2.05, 4.69) is 6.58 Å². The quantitative estimate of drug-likeness (QED) is 0.438. The van der Waals surface area contributed by atoms with Crippen molar-refractivity contribution in [2.75, 3.05) is 17.1 Å². The van der Waals surface area contributed by atoms with Gasteiger partial charge in [-0.3, -0.25) is 9.10 Å². The van der Waals surface area contributed by atoms with Crippen LogP contribution in [0.2, 0.25) is 0 Å². The molecular weight excluding hydrogens is 262 g/mol. The molecule has 4 nitrogen and oxygen atoms in total. The fraction of sp³-hybridized carbons (Fsp3) is 0.357. The molecule has 0 saturated carbocycles. The molecule has 1 aromatic rings. The van der Waals surface area contributed by atoms with E-state index in [1.165, 1.54) is 17.5 Å². The molecule has 0 radical (unpaired) electrons. The number of allylic oxidation sites excluding steroid dienone is 1. The molecule has 5 heteroatoms. The molecule has 0 fully saturated rings. The zero-order valence-corrected chi connectivity index (χ0v) is 12.1. The topological polar surface area (TPSA) is 54.5 Å². The summed E-state index contributed by atoms with van der Waals surface area (Å²) < 4.78 is 24.9. The number of Topliss-reactive ketones (excluding diaryl/α,β-unsaturated/α-hetero) is 1. The van der Waals surface area contributed by atoms with Crippen LogP contribution >= 0.6 is 0 Å². The molecule has 19 heavy (non-hydrogen) atoms. The normalized spacial score (nSPS) is 11.1. The molecule has 0 aliphatic heterocycles. The van der Waals surface area contributed by atoms with Crippen LogP contribution in [-0.2, 0) is 10.0 Å². The fourth-order valence-corrected chi connectivity index (χ4v) is 2.69. The summed E-state index contributed by atoms with van der Waals surface area (Å²) in [6.07, 6.45) is 4.42. The molecule has 0 saturated heterocycles. The Hall–Kier alpha value is -1.62. The summed E-state index contributed by atoms with van der Waals surface area (Å²) in [6, 6.07) is 6.60. The SMILES string of the molecule is C=CCCCN(c1ccc(C(C)=O)cc1)S(C)(=O)=O. The minimum Gasteiger partial charge on any atom is -0.295 e. The van der Waals surface area contributed by atoms with E-state index in [0.29, 0.717) is 24.2 Å². The summed E-state index contributed by atoms with van der Waals surface area (Å²) in [5, 5.41) is 0. The second-order valence-corrected chi connectivity index (χ2v) is 6.28.